The average Bonchev–Trinajstić information content (AvgIpc) is 3.19. The Labute approximate surface area is 168 Å². The molecule has 0 bridgehead atoms. The summed E-state index contributed by atoms with van der Waals surface area (Å²) in [5, 5.41) is 3.15. The van der Waals surface area contributed by atoms with Crippen LogP contribution in [-0.2, 0) is 16.1 Å². The largest absolute Gasteiger partial charge is 0.417 e. The van der Waals surface area contributed by atoms with Gasteiger partial charge in [0.15, 0.2) is 0 Å². The maximum absolute atomic E-state index is 12.4. The average molecular weight is 391 g/mol. The van der Waals surface area contributed by atoms with Gasteiger partial charge in [-0.05, 0) is 12.1 Å². The number of esters is 1. The van der Waals surface area contributed by atoms with Gasteiger partial charge in [-0.2, -0.15) is 0 Å². The van der Waals surface area contributed by atoms with Crippen molar-refractivity contribution in [1.29, 1.82) is 0 Å². The second-order valence-corrected chi connectivity index (χ2v) is 6.65. The molecule has 3 aromatic rings. The first-order chi connectivity index (χ1) is 14.2. The van der Waals surface area contributed by atoms with Gasteiger partial charge in [-0.15, -0.1) is 0 Å². The van der Waals surface area contributed by atoms with Gasteiger partial charge in [0.1, 0.15) is 6.54 Å². The number of nitrogens with zero attached hydrogens (tertiary/aromatic N) is 4. The number of ether oxygens (including phenoxy) is 1. The van der Waals surface area contributed by atoms with E-state index in [9.17, 15) is 9.59 Å². The fourth-order valence-corrected chi connectivity index (χ4v) is 3.30. The molecule has 0 atom stereocenters. The van der Waals surface area contributed by atoms with E-state index in [0.29, 0.717) is 26.2 Å². The Morgan fingerprint density at radius 1 is 1.00 bits per heavy atom. The molecule has 1 amide bonds. The molecule has 1 saturated heterocycles. The Balaban J connectivity index is 1.58. The summed E-state index contributed by atoms with van der Waals surface area (Å²) in [6.07, 6.45) is 4.36. The fourth-order valence-electron chi connectivity index (χ4n) is 3.30. The maximum atomic E-state index is 12.4. The fraction of sp³-hybridized carbons (Fsp3) is 0.238. The number of pyridine rings is 1. The van der Waals surface area contributed by atoms with Crippen LogP contribution in [0, 0.1) is 0 Å². The van der Waals surface area contributed by atoms with Crippen molar-refractivity contribution < 1.29 is 14.3 Å². The Hall–Kier alpha value is -3.52. The van der Waals surface area contributed by atoms with E-state index in [4.69, 9.17) is 4.74 Å². The third kappa shape index (κ3) is 4.33. The highest BCUT2D eigenvalue weighted by Gasteiger charge is 2.22. The molecule has 0 aliphatic carbocycles. The monoisotopic (exact) mass is 391 g/mol. The van der Waals surface area contributed by atoms with Crippen molar-refractivity contribution in [2.45, 2.75) is 6.54 Å². The number of carbonyl (C=O) groups is 2. The van der Waals surface area contributed by atoms with Gasteiger partial charge in [0.2, 0.25) is 0 Å². The van der Waals surface area contributed by atoms with Crippen LogP contribution in [0.4, 0.5) is 4.79 Å². The van der Waals surface area contributed by atoms with Gasteiger partial charge in [-0.1, -0.05) is 30.3 Å². The lowest BCUT2D eigenvalue weighted by Gasteiger charge is -2.26. The van der Waals surface area contributed by atoms with Crippen LogP contribution in [0.2, 0.25) is 0 Å². The summed E-state index contributed by atoms with van der Waals surface area (Å²) in [5.41, 5.74) is 3.32. The van der Waals surface area contributed by atoms with Crippen molar-refractivity contribution in [3.05, 3.63) is 61.2 Å². The Kier molecular flexibility index (Phi) is 5.62. The lowest BCUT2D eigenvalue weighted by molar-refractivity contribution is -0.139. The predicted octanol–water partition coefficient (Wildman–Crippen LogP) is 2.18. The molecule has 8 heteroatoms. The first kappa shape index (κ1) is 18.8. The second kappa shape index (κ2) is 8.66. The Bertz CT molecular complexity index is 982. The van der Waals surface area contributed by atoms with Crippen LogP contribution in [0.15, 0.2) is 61.2 Å². The Morgan fingerprint density at radius 3 is 2.45 bits per heavy atom. The topological polar surface area (TPSA) is 89.4 Å². The predicted molar refractivity (Wildman–Crippen MR) is 107 cm³/mol. The van der Waals surface area contributed by atoms with Gasteiger partial charge >= 0.3 is 12.1 Å². The molecular formula is C21H21N5O3. The quantitative estimate of drug-likeness (QED) is 0.542. The molecule has 3 heterocycles. The zero-order valence-electron chi connectivity index (χ0n) is 15.8. The number of benzene rings is 1. The van der Waals surface area contributed by atoms with E-state index < -0.39 is 12.1 Å². The SMILES string of the molecule is O=C(Cn1cnc(-c2ccccc2)c1-c1ccncc1)OC(=O)N1CCNCC1. The third-order valence-electron chi connectivity index (χ3n) is 4.71. The van der Waals surface area contributed by atoms with E-state index in [1.165, 1.54) is 4.90 Å². The van der Waals surface area contributed by atoms with Crippen molar-refractivity contribution in [2.24, 2.45) is 0 Å². The molecule has 29 heavy (non-hydrogen) atoms. The number of piperazine rings is 1. The molecule has 1 fully saturated rings. The summed E-state index contributed by atoms with van der Waals surface area (Å²) >= 11 is 0. The maximum Gasteiger partial charge on any atom is 0.417 e. The second-order valence-electron chi connectivity index (χ2n) is 6.65. The van der Waals surface area contributed by atoms with E-state index in [1.54, 1.807) is 23.3 Å². The van der Waals surface area contributed by atoms with Crippen LogP contribution in [0.1, 0.15) is 0 Å². The molecule has 4 rings (SSSR count). The summed E-state index contributed by atoms with van der Waals surface area (Å²) in [5.74, 6) is -0.624. The van der Waals surface area contributed by atoms with Crippen LogP contribution in [0.5, 0.6) is 0 Å². The lowest BCUT2D eigenvalue weighted by atomic mass is 10.1. The number of hydrogen-bond acceptors (Lipinski definition) is 6. The van der Waals surface area contributed by atoms with E-state index in [-0.39, 0.29) is 6.54 Å². The summed E-state index contributed by atoms with van der Waals surface area (Å²) in [6.45, 7) is 2.32. The van der Waals surface area contributed by atoms with Crippen LogP contribution in [-0.4, -0.2) is 57.7 Å². The molecule has 0 radical (unpaired) electrons. The van der Waals surface area contributed by atoms with Gasteiger partial charge in [-0.25, -0.2) is 14.6 Å². The number of nitrogens with one attached hydrogen (secondary N) is 1. The molecule has 0 unspecified atom stereocenters. The number of amides is 1. The minimum Gasteiger partial charge on any atom is -0.375 e. The molecule has 1 aliphatic rings. The molecule has 0 saturated carbocycles. The molecule has 1 aromatic carbocycles. The highest BCUT2D eigenvalue weighted by molar-refractivity contribution is 5.86. The molecule has 1 aliphatic heterocycles. The molecule has 0 spiro atoms. The minimum atomic E-state index is -0.624. The lowest BCUT2D eigenvalue weighted by Crippen LogP contribution is -2.47. The molecule has 2 aromatic heterocycles. The standard InChI is InChI=1S/C21H21N5O3/c27-18(29-21(28)25-12-10-23-11-13-25)14-26-15-24-19(16-4-2-1-3-5-16)20(26)17-6-8-22-9-7-17/h1-9,15,23H,10-14H2. The normalized spacial score (nSPS) is 13.9. The number of aromatic nitrogens is 3. The highest BCUT2D eigenvalue weighted by Crippen LogP contribution is 2.30. The zero-order valence-corrected chi connectivity index (χ0v) is 15.8. The van der Waals surface area contributed by atoms with Crippen molar-refractivity contribution in [2.75, 3.05) is 26.2 Å². The van der Waals surface area contributed by atoms with E-state index in [0.717, 1.165) is 22.5 Å². The number of rotatable bonds is 4. The third-order valence-corrected chi connectivity index (χ3v) is 4.71. The van der Waals surface area contributed by atoms with E-state index in [2.05, 4.69) is 15.3 Å². The first-order valence-electron chi connectivity index (χ1n) is 9.43. The van der Waals surface area contributed by atoms with Gasteiger partial charge in [-0.3, -0.25) is 4.98 Å². The first-order valence-corrected chi connectivity index (χ1v) is 9.43. The molecule has 8 nitrogen and oxygen atoms in total. The highest BCUT2D eigenvalue weighted by atomic mass is 16.6. The van der Waals surface area contributed by atoms with Crippen molar-refractivity contribution in [1.82, 2.24) is 24.8 Å². The smallest absolute Gasteiger partial charge is 0.375 e. The summed E-state index contributed by atoms with van der Waals surface area (Å²) in [6, 6.07) is 13.4. The number of imidazole rings is 1. The molecular weight excluding hydrogens is 370 g/mol. The summed E-state index contributed by atoms with van der Waals surface area (Å²) in [4.78, 5) is 34.8. The van der Waals surface area contributed by atoms with Crippen LogP contribution in [0.3, 0.4) is 0 Å². The van der Waals surface area contributed by atoms with Crippen LogP contribution < -0.4 is 5.32 Å². The van der Waals surface area contributed by atoms with Gasteiger partial charge in [0, 0.05) is 49.7 Å². The zero-order chi connectivity index (χ0) is 20.1. The van der Waals surface area contributed by atoms with Crippen LogP contribution >= 0.6 is 0 Å². The van der Waals surface area contributed by atoms with Gasteiger partial charge in [0.25, 0.3) is 0 Å². The Morgan fingerprint density at radius 2 is 1.72 bits per heavy atom. The molecule has 148 valence electrons. The van der Waals surface area contributed by atoms with E-state index in [1.807, 2.05) is 42.5 Å². The number of hydrogen-bond donors (Lipinski definition) is 1. The van der Waals surface area contributed by atoms with Gasteiger partial charge < -0.3 is 19.5 Å². The van der Waals surface area contributed by atoms with E-state index >= 15 is 0 Å². The van der Waals surface area contributed by atoms with Crippen molar-refractivity contribution in [3.63, 3.8) is 0 Å². The summed E-state index contributed by atoms with van der Waals surface area (Å²) in [7, 11) is 0. The minimum absolute atomic E-state index is 0.116. The van der Waals surface area contributed by atoms with Gasteiger partial charge in [0.05, 0.1) is 17.7 Å². The van der Waals surface area contributed by atoms with Crippen LogP contribution in [0.25, 0.3) is 22.5 Å². The number of carbonyl (C=O) groups excluding carboxylic acids is 2. The summed E-state index contributed by atoms with van der Waals surface area (Å²) < 4.78 is 6.76. The molecule has 1 N–H and O–H groups in total. The van der Waals surface area contributed by atoms with Crippen molar-refractivity contribution >= 4 is 12.1 Å². The van der Waals surface area contributed by atoms with Crippen molar-refractivity contribution in [3.8, 4) is 22.5 Å².